The second-order valence-electron chi connectivity index (χ2n) is 5.93. The summed E-state index contributed by atoms with van der Waals surface area (Å²) in [7, 11) is 0. The zero-order valence-electron chi connectivity index (χ0n) is 12.5. The molecule has 5 nitrogen and oxygen atoms in total. The predicted molar refractivity (Wildman–Crippen MR) is 84.1 cm³/mol. The van der Waals surface area contributed by atoms with Crippen LogP contribution in [0.1, 0.15) is 30.3 Å². The van der Waals surface area contributed by atoms with Crippen LogP contribution in [-0.4, -0.2) is 39.5 Å². The fourth-order valence-corrected chi connectivity index (χ4v) is 2.86. The topological polar surface area (TPSA) is 73.4 Å². The van der Waals surface area contributed by atoms with Crippen molar-refractivity contribution in [3.8, 4) is 0 Å². The highest BCUT2D eigenvalue weighted by atomic mass is 35.5. The van der Waals surface area contributed by atoms with Crippen LogP contribution in [0.4, 0.5) is 4.39 Å². The molecular weight excluding hydrogens is 323 g/mol. The number of hydrogen-bond acceptors (Lipinski definition) is 2. The molecule has 23 heavy (non-hydrogen) atoms. The van der Waals surface area contributed by atoms with Crippen LogP contribution in [0.3, 0.4) is 0 Å². The molecule has 3 rings (SSSR count). The summed E-state index contributed by atoms with van der Waals surface area (Å²) in [6.07, 6.45) is 1.70. The lowest BCUT2D eigenvalue weighted by molar-refractivity contribution is -0.141. The van der Waals surface area contributed by atoms with Gasteiger partial charge in [0.1, 0.15) is 11.5 Å². The number of nitrogens with zero attached hydrogens (tertiary/aromatic N) is 1. The van der Waals surface area contributed by atoms with E-state index in [0.717, 1.165) is 12.8 Å². The van der Waals surface area contributed by atoms with Crippen LogP contribution in [0.25, 0.3) is 10.9 Å². The fraction of sp³-hybridized carbons (Fsp3) is 0.375. The van der Waals surface area contributed by atoms with Crippen molar-refractivity contribution in [2.45, 2.75) is 25.8 Å². The van der Waals surface area contributed by atoms with Crippen molar-refractivity contribution in [3.05, 3.63) is 34.7 Å². The standard InChI is InChI=1S/C16H16ClFN2O3/c1-8(16(22)23)7-20(10-3-4-10)15(21)14-13(17)11-6-9(18)2-5-12(11)19-14/h2,5-6,8,10,19H,3-4,7H2,1H3,(H,22,23). The number of carbonyl (C=O) groups excluding carboxylic acids is 1. The van der Waals surface area contributed by atoms with Crippen molar-refractivity contribution in [3.63, 3.8) is 0 Å². The van der Waals surface area contributed by atoms with Gasteiger partial charge in [-0.05, 0) is 31.0 Å². The first-order valence-corrected chi connectivity index (χ1v) is 7.76. The van der Waals surface area contributed by atoms with Gasteiger partial charge in [0.15, 0.2) is 0 Å². The first kappa shape index (κ1) is 15.8. The van der Waals surface area contributed by atoms with Crippen LogP contribution in [0.15, 0.2) is 18.2 Å². The number of halogens is 2. The number of aromatic nitrogens is 1. The van der Waals surface area contributed by atoms with Crippen molar-refractivity contribution in [1.29, 1.82) is 0 Å². The number of H-pyrrole nitrogens is 1. The summed E-state index contributed by atoms with van der Waals surface area (Å²) < 4.78 is 13.4. The van der Waals surface area contributed by atoms with E-state index in [-0.39, 0.29) is 29.2 Å². The second-order valence-corrected chi connectivity index (χ2v) is 6.31. The minimum Gasteiger partial charge on any atom is -0.481 e. The molecule has 1 heterocycles. The van der Waals surface area contributed by atoms with Gasteiger partial charge in [0.05, 0.1) is 10.9 Å². The van der Waals surface area contributed by atoms with Crippen molar-refractivity contribution in [2.24, 2.45) is 5.92 Å². The van der Waals surface area contributed by atoms with E-state index in [0.29, 0.717) is 10.9 Å². The summed E-state index contributed by atoms with van der Waals surface area (Å²) in [5, 5.41) is 9.68. The number of fused-ring (bicyclic) bond motifs is 1. The molecule has 7 heteroatoms. The van der Waals surface area contributed by atoms with Crippen LogP contribution in [0, 0.1) is 11.7 Å². The Morgan fingerprint density at radius 3 is 2.78 bits per heavy atom. The molecule has 1 aromatic carbocycles. The van der Waals surface area contributed by atoms with Gasteiger partial charge >= 0.3 is 5.97 Å². The van der Waals surface area contributed by atoms with E-state index < -0.39 is 17.7 Å². The van der Waals surface area contributed by atoms with Gasteiger partial charge < -0.3 is 15.0 Å². The van der Waals surface area contributed by atoms with Crippen LogP contribution in [-0.2, 0) is 4.79 Å². The first-order valence-electron chi connectivity index (χ1n) is 7.39. The number of rotatable bonds is 5. The largest absolute Gasteiger partial charge is 0.481 e. The van der Waals surface area contributed by atoms with Gasteiger partial charge in [-0.15, -0.1) is 0 Å². The van der Waals surface area contributed by atoms with E-state index in [4.69, 9.17) is 16.7 Å². The molecule has 0 saturated heterocycles. The highest BCUT2D eigenvalue weighted by Gasteiger charge is 2.36. The fourth-order valence-electron chi connectivity index (χ4n) is 2.58. The van der Waals surface area contributed by atoms with E-state index in [1.54, 1.807) is 11.8 Å². The molecular formula is C16H16ClFN2O3. The summed E-state index contributed by atoms with van der Waals surface area (Å²) in [4.78, 5) is 28.3. The number of carbonyl (C=O) groups is 2. The summed E-state index contributed by atoms with van der Waals surface area (Å²) in [6, 6.07) is 4.12. The molecule has 1 saturated carbocycles. The quantitative estimate of drug-likeness (QED) is 0.878. The Labute approximate surface area is 137 Å². The van der Waals surface area contributed by atoms with Crippen LogP contribution in [0.5, 0.6) is 0 Å². The molecule has 1 aliphatic carbocycles. The number of carboxylic acid groups (broad SMARTS) is 1. The highest BCUT2D eigenvalue weighted by molar-refractivity contribution is 6.38. The van der Waals surface area contributed by atoms with Gasteiger partial charge in [0.2, 0.25) is 0 Å². The molecule has 1 fully saturated rings. The zero-order valence-corrected chi connectivity index (χ0v) is 13.2. The molecule has 2 aromatic rings. The van der Waals surface area contributed by atoms with Gasteiger partial charge in [0.25, 0.3) is 5.91 Å². The number of aromatic amines is 1. The van der Waals surface area contributed by atoms with Gasteiger partial charge in [-0.2, -0.15) is 0 Å². The Hall–Kier alpha value is -2.08. The predicted octanol–water partition coefficient (Wildman–Crippen LogP) is 3.29. The maximum absolute atomic E-state index is 13.4. The minimum absolute atomic E-state index is 0.0449. The number of aliphatic carboxylic acids is 1. The molecule has 1 amide bonds. The molecule has 1 aromatic heterocycles. The van der Waals surface area contributed by atoms with E-state index in [1.165, 1.54) is 18.2 Å². The molecule has 1 unspecified atom stereocenters. The Balaban J connectivity index is 1.94. The van der Waals surface area contributed by atoms with Crippen molar-refractivity contribution in [1.82, 2.24) is 9.88 Å². The lowest BCUT2D eigenvalue weighted by Gasteiger charge is -2.24. The monoisotopic (exact) mass is 338 g/mol. The van der Waals surface area contributed by atoms with E-state index in [1.807, 2.05) is 0 Å². The Morgan fingerprint density at radius 1 is 1.48 bits per heavy atom. The normalized spacial score (nSPS) is 15.6. The third-order valence-electron chi connectivity index (χ3n) is 4.05. The number of carboxylic acids is 1. The molecule has 122 valence electrons. The van der Waals surface area contributed by atoms with Crippen molar-refractivity contribution in [2.75, 3.05) is 6.54 Å². The number of hydrogen-bond donors (Lipinski definition) is 2. The van der Waals surface area contributed by atoms with E-state index >= 15 is 0 Å². The number of benzene rings is 1. The summed E-state index contributed by atoms with van der Waals surface area (Å²) in [5.41, 5.74) is 0.749. The summed E-state index contributed by atoms with van der Waals surface area (Å²) in [5.74, 6) is -2.40. The van der Waals surface area contributed by atoms with E-state index in [2.05, 4.69) is 4.98 Å². The first-order chi connectivity index (χ1) is 10.9. The van der Waals surface area contributed by atoms with Gasteiger partial charge in [-0.1, -0.05) is 18.5 Å². The zero-order chi connectivity index (χ0) is 16.7. The lowest BCUT2D eigenvalue weighted by atomic mass is 10.1. The highest BCUT2D eigenvalue weighted by Crippen LogP contribution is 2.33. The summed E-state index contributed by atoms with van der Waals surface area (Å²) >= 11 is 6.23. The average Bonchev–Trinajstić information content (AvgIpc) is 3.29. The second kappa shape index (κ2) is 5.85. The smallest absolute Gasteiger partial charge is 0.308 e. The van der Waals surface area contributed by atoms with Crippen LogP contribution >= 0.6 is 11.6 Å². The molecule has 0 aliphatic heterocycles. The van der Waals surface area contributed by atoms with Crippen molar-refractivity contribution < 1.29 is 19.1 Å². The lowest BCUT2D eigenvalue weighted by Crippen LogP contribution is -2.38. The van der Waals surface area contributed by atoms with Gasteiger partial charge in [0, 0.05) is 23.5 Å². The van der Waals surface area contributed by atoms with Gasteiger partial charge in [-0.25, -0.2) is 4.39 Å². The maximum atomic E-state index is 13.4. The Kier molecular flexibility index (Phi) is 4.02. The molecule has 1 aliphatic rings. The molecule has 0 bridgehead atoms. The molecule has 1 atom stereocenters. The number of nitrogens with one attached hydrogen (secondary N) is 1. The SMILES string of the molecule is CC(CN(C(=O)c1[nH]c2ccc(F)cc2c1Cl)C1CC1)C(=O)O. The summed E-state index contributed by atoms with van der Waals surface area (Å²) in [6.45, 7) is 1.69. The molecule has 0 radical (unpaired) electrons. The van der Waals surface area contributed by atoms with Crippen LogP contribution in [0.2, 0.25) is 5.02 Å². The van der Waals surface area contributed by atoms with Crippen molar-refractivity contribution >= 4 is 34.4 Å². The maximum Gasteiger partial charge on any atom is 0.308 e. The van der Waals surface area contributed by atoms with Gasteiger partial charge in [-0.3, -0.25) is 9.59 Å². The van der Waals surface area contributed by atoms with Crippen LogP contribution < -0.4 is 0 Å². The third kappa shape index (κ3) is 3.03. The Morgan fingerprint density at radius 2 is 2.17 bits per heavy atom. The average molecular weight is 339 g/mol. The Bertz CT molecular complexity index is 785. The molecule has 0 spiro atoms. The third-order valence-corrected chi connectivity index (χ3v) is 4.44. The molecule has 2 N–H and O–H groups in total. The van der Waals surface area contributed by atoms with E-state index in [9.17, 15) is 14.0 Å². The minimum atomic E-state index is -0.951. The number of amides is 1.